The standard InChI is InChI=1S/C15H13BrN2S/c16-15-17-14(12-6-3-4-8-18(12)15)11-9-19-13-7-2-1-5-10(11)13/h1-2,5,7,9H,3-4,6,8H2. The van der Waals surface area contributed by atoms with Crippen molar-refractivity contribution in [2.75, 3.05) is 0 Å². The number of thiophene rings is 1. The summed E-state index contributed by atoms with van der Waals surface area (Å²) >= 11 is 5.41. The first-order valence-corrected chi connectivity index (χ1v) is 8.23. The summed E-state index contributed by atoms with van der Waals surface area (Å²) in [7, 11) is 0. The molecule has 4 rings (SSSR count). The molecule has 3 heterocycles. The first kappa shape index (κ1) is 11.7. The van der Waals surface area contributed by atoms with Gasteiger partial charge in [0.05, 0.1) is 5.69 Å². The molecule has 3 aromatic rings. The normalized spacial score (nSPS) is 14.8. The lowest BCUT2D eigenvalue weighted by atomic mass is 10.0. The summed E-state index contributed by atoms with van der Waals surface area (Å²) < 4.78 is 4.64. The van der Waals surface area contributed by atoms with Crippen molar-refractivity contribution in [3.8, 4) is 11.3 Å². The Labute approximate surface area is 124 Å². The van der Waals surface area contributed by atoms with E-state index in [1.54, 1.807) is 11.3 Å². The van der Waals surface area contributed by atoms with Crippen molar-refractivity contribution in [2.45, 2.75) is 25.8 Å². The molecule has 0 saturated heterocycles. The highest BCUT2D eigenvalue weighted by Gasteiger charge is 2.21. The topological polar surface area (TPSA) is 17.8 Å². The minimum Gasteiger partial charge on any atom is -0.322 e. The third kappa shape index (κ3) is 1.77. The van der Waals surface area contributed by atoms with Crippen molar-refractivity contribution in [3.63, 3.8) is 0 Å². The zero-order chi connectivity index (χ0) is 12.8. The molecule has 1 aromatic carbocycles. The lowest BCUT2D eigenvalue weighted by molar-refractivity contribution is 0.525. The Balaban J connectivity index is 1.97. The number of aromatic nitrogens is 2. The Kier molecular flexibility index (Phi) is 2.74. The van der Waals surface area contributed by atoms with Crippen molar-refractivity contribution in [1.29, 1.82) is 0 Å². The van der Waals surface area contributed by atoms with E-state index < -0.39 is 0 Å². The van der Waals surface area contributed by atoms with Crippen LogP contribution >= 0.6 is 27.3 Å². The minimum atomic E-state index is 0.979. The number of benzene rings is 1. The van der Waals surface area contributed by atoms with Crippen LogP contribution in [0.3, 0.4) is 0 Å². The van der Waals surface area contributed by atoms with E-state index in [0.717, 1.165) is 17.7 Å². The Morgan fingerprint density at radius 1 is 1.21 bits per heavy atom. The van der Waals surface area contributed by atoms with Gasteiger partial charge < -0.3 is 4.57 Å². The largest absolute Gasteiger partial charge is 0.322 e. The van der Waals surface area contributed by atoms with Crippen LogP contribution in [-0.4, -0.2) is 9.55 Å². The molecule has 1 aliphatic heterocycles. The number of nitrogens with zero attached hydrogens (tertiary/aromatic N) is 2. The minimum absolute atomic E-state index is 0.979. The van der Waals surface area contributed by atoms with Gasteiger partial charge >= 0.3 is 0 Å². The number of hydrogen-bond donors (Lipinski definition) is 0. The second-order valence-corrected chi connectivity index (χ2v) is 6.55. The van der Waals surface area contributed by atoms with Crippen LogP contribution in [0.15, 0.2) is 34.4 Å². The Morgan fingerprint density at radius 3 is 3.05 bits per heavy atom. The molecule has 1 aliphatic rings. The molecule has 2 nitrogen and oxygen atoms in total. The van der Waals surface area contributed by atoms with E-state index in [-0.39, 0.29) is 0 Å². The zero-order valence-electron chi connectivity index (χ0n) is 10.4. The average molecular weight is 333 g/mol. The third-order valence-electron chi connectivity index (χ3n) is 3.81. The molecule has 0 fully saturated rings. The predicted molar refractivity (Wildman–Crippen MR) is 83.7 cm³/mol. The third-order valence-corrected chi connectivity index (χ3v) is 5.38. The highest BCUT2D eigenvalue weighted by molar-refractivity contribution is 9.10. The molecule has 0 amide bonds. The van der Waals surface area contributed by atoms with Gasteiger partial charge in [0.1, 0.15) is 0 Å². The Morgan fingerprint density at radius 2 is 2.11 bits per heavy atom. The maximum Gasteiger partial charge on any atom is 0.177 e. The maximum atomic E-state index is 4.77. The zero-order valence-corrected chi connectivity index (χ0v) is 12.8. The van der Waals surface area contributed by atoms with Gasteiger partial charge in [0.15, 0.2) is 4.73 Å². The van der Waals surface area contributed by atoms with Crippen molar-refractivity contribution >= 4 is 37.4 Å². The Bertz CT molecular complexity index is 757. The fourth-order valence-corrected chi connectivity index (χ4v) is 4.39. The first-order valence-electron chi connectivity index (χ1n) is 6.56. The molecule has 0 radical (unpaired) electrons. The second-order valence-electron chi connectivity index (χ2n) is 4.93. The van der Waals surface area contributed by atoms with E-state index in [4.69, 9.17) is 4.98 Å². The summed E-state index contributed by atoms with van der Waals surface area (Å²) in [6.45, 7) is 1.09. The van der Waals surface area contributed by atoms with Gasteiger partial charge in [0.25, 0.3) is 0 Å². The van der Waals surface area contributed by atoms with Gasteiger partial charge in [-0.25, -0.2) is 4.98 Å². The molecule has 0 bridgehead atoms. The SMILES string of the molecule is Brc1nc(-c2csc3ccccc23)c2n1CCCC2. The fourth-order valence-electron chi connectivity index (χ4n) is 2.88. The van der Waals surface area contributed by atoms with Crippen LogP contribution in [0.5, 0.6) is 0 Å². The van der Waals surface area contributed by atoms with Gasteiger partial charge in [-0.1, -0.05) is 18.2 Å². The number of halogens is 1. The van der Waals surface area contributed by atoms with Gasteiger partial charge in [0, 0.05) is 33.3 Å². The van der Waals surface area contributed by atoms with Gasteiger partial charge in [-0.3, -0.25) is 0 Å². The van der Waals surface area contributed by atoms with Crippen molar-refractivity contribution in [2.24, 2.45) is 0 Å². The molecule has 0 saturated carbocycles. The second kappa shape index (κ2) is 4.46. The van der Waals surface area contributed by atoms with Crippen LogP contribution < -0.4 is 0 Å². The highest BCUT2D eigenvalue weighted by Crippen LogP contribution is 2.37. The predicted octanol–water partition coefficient (Wildman–Crippen LogP) is 4.86. The molecule has 19 heavy (non-hydrogen) atoms. The Hall–Kier alpha value is -1.13. The molecule has 0 spiro atoms. The number of rotatable bonds is 1. The van der Waals surface area contributed by atoms with Crippen LogP contribution in [0.2, 0.25) is 0 Å². The molecule has 2 aromatic heterocycles. The van der Waals surface area contributed by atoms with Crippen LogP contribution in [0.4, 0.5) is 0 Å². The van der Waals surface area contributed by atoms with E-state index in [2.05, 4.69) is 50.1 Å². The van der Waals surface area contributed by atoms with Crippen LogP contribution in [0, 0.1) is 0 Å². The fraction of sp³-hybridized carbons (Fsp3) is 0.267. The number of hydrogen-bond acceptors (Lipinski definition) is 2. The summed E-state index contributed by atoms with van der Waals surface area (Å²) in [6, 6.07) is 8.59. The molecule has 4 heteroatoms. The summed E-state index contributed by atoms with van der Waals surface area (Å²) in [6.07, 6.45) is 3.66. The van der Waals surface area contributed by atoms with Gasteiger partial charge in [-0.05, 0) is 41.3 Å². The average Bonchev–Trinajstić information content (AvgIpc) is 3.01. The smallest absolute Gasteiger partial charge is 0.177 e. The molecule has 0 N–H and O–H groups in total. The highest BCUT2D eigenvalue weighted by atomic mass is 79.9. The van der Waals surface area contributed by atoms with E-state index in [9.17, 15) is 0 Å². The first-order chi connectivity index (χ1) is 9.34. The lowest BCUT2D eigenvalue weighted by Gasteiger charge is -2.15. The monoisotopic (exact) mass is 332 g/mol. The van der Waals surface area contributed by atoms with E-state index in [0.29, 0.717) is 0 Å². The summed E-state index contributed by atoms with van der Waals surface area (Å²) in [5, 5.41) is 3.57. The lowest BCUT2D eigenvalue weighted by Crippen LogP contribution is -2.10. The van der Waals surface area contributed by atoms with Crippen LogP contribution in [-0.2, 0) is 13.0 Å². The van der Waals surface area contributed by atoms with Crippen molar-refractivity contribution in [3.05, 3.63) is 40.1 Å². The maximum absolute atomic E-state index is 4.77. The summed E-state index contributed by atoms with van der Waals surface area (Å²) in [4.78, 5) is 4.77. The quantitative estimate of drug-likeness (QED) is 0.622. The van der Waals surface area contributed by atoms with Crippen molar-refractivity contribution < 1.29 is 0 Å². The summed E-state index contributed by atoms with van der Waals surface area (Å²) in [5.74, 6) is 0. The summed E-state index contributed by atoms with van der Waals surface area (Å²) in [5.41, 5.74) is 3.85. The van der Waals surface area contributed by atoms with Crippen LogP contribution in [0.1, 0.15) is 18.5 Å². The van der Waals surface area contributed by atoms with Crippen molar-refractivity contribution in [1.82, 2.24) is 9.55 Å². The molecule has 0 atom stereocenters. The van der Waals surface area contributed by atoms with Crippen LogP contribution in [0.25, 0.3) is 21.3 Å². The molecule has 0 unspecified atom stereocenters. The molecular weight excluding hydrogens is 320 g/mol. The molecule has 96 valence electrons. The van der Waals surface area contributed by atoms with E-state index in [1.807, 2.05) is 0 Å². The number of fused-ring (bicyclic) bond motifs is 2. The van der Waals surface area contributed by atoms with E-state index in [1.165, 1.54) is 39.9 Å². The van der Waals surface area contributed by atoms with Gasteiger partial charge in [-0.15, -0.1) is 11.3 Å². The number of imidazole rings is 1. The molecule has 0 aliphatic carbocycles. The van der Waals surface area contributed by atoms with Gasteiger partial charge in [-0.2, -0.15) is 0 Å². The molecular formula is C15H13BrN2S. The van der Waals surface area contributed by atoms with Gasteiger partial charge in [0.2, 0.25) is 0 Å². The van der Waals surface area contributed by atoms with E-state index >= 15 is 0 Å².